The van der Waals surface area contributed by atoms with Crippen molar-refractivity contribution in [2.24, 2.45) is 13.0 Å². The molecule has 3 aliphatic heterocycles. The summed E-state index contributed by atoms with van der Waals surface area (Å²) < 4.78 is 2.57. The van der Waals surface area contributed by atoms with E-state index in [1.54, 1.807) is 6.20 Å². The van der Waals surface area contributed by atoms with Gasteiger partial charge < -0.3 is 9.88 Å². The van der Waals surface area contributed by atoms with Crippen molar-refractivity contribution in [1.29, 1.82) is 0 Å². The second-order valence-electron chi connectivity index (χ2n) is 7.13. The van der Waals surface area contributed by atoms with E-state index in [4.69, 9.17) is 0 Å². The molecule has 5 heterocycles. The van der Waals surface area contributed by atoms with Crippen LogP contribution in [-0.2, 0) is 7.05 Å². The summed E-state index contributed by atoms with van der Waals surface area (Å²) in [5.41, 5.74) is 2.12. The van der Waals surface area contributed by atoms with Gasteiger partial charge in [0.05, 0.1) is 16.4 Å². The fourth-order valence-electron chi connectivity index (χ4n) is 4.16. The molecule has 5 rings (SSSR count). The van der Waals surface area contributed by atoms with E-state index in [-0.39, 0.29) is 23.1 Å². The van der Waals surface area contributed by atoms with Crippen LogP contribution in [0, 0.1) is 12.8 Å². The molecular weight excluding hydrogens is 322 g/mol. The van der Waals surface area contributed by atoms with Crippen molar-refractivity contribution in [1.82, 2.24) is 14.8 Å². The molecule has 0 aliphatic carbocycles. The number of nitrogens with zero attached hydrogens (tertiary/aromatic N) is 2. The van der Waals surface area contributed by atoms with E-state index >= 15 is 0 Å². The molecule has 3 aliphatic rings. The van der Waals surface area contributed by atoms with E-state index in [1.807, 2.05) is 23.9 Å². The van der Waals surface area contributed by atoms with Crippen LogP contribution in [0.5, 0.6) is 0 Å². The molecule has 128 valence electrons. The van der Waals surface area contributed by atoms with Crippen molar-refractivity contribution < 1.29 is 4.79 Å². The van der Waals surface area contributed by atoms with E-state index in [2.05, 4.69) is 10.2 Å². The molecule has 3 fully saturated rings. The van der Waals surface area contributed by atoms with Gasteiger partial charge in [0, 0.05) is 26.3 Å². The van der Waals surface area contributed by atoms with E-state index in [0.29, 0.717) is 4.70 Å². The van der Waals surface area contributed by atoms with Crippen LogP contribution in [0.15, 0.2) is 16.4 Å². The molecular formula is C18H23N3O2S. The van der Waals surface area contributed by atoms with Crippen molar-refractivity contribution in [2.45, 2.75) is 38.8 Å². The molecule has 1 unspecified atom stereocenters. The van der Waals surface area contributed by atoms with E-state index in [9.17, 15) is 9.59 Å². The predicted octanol–water partition coefficient (Wildman–Crippen LogP) is 2.47. The first kappa shape index (κ1) is 15.8. The van der Waals surface area contributed by atoms with Crippen LogP contribution in [0.1, 0.15) is 41.6 Å². The monoisotopic (exact) mass is 345 g/mol. The first-order valence-electron chi connectivity index (χ1n) is 8.67. The number of amides is 1. The van der Waals surface area contributed by atoms with Crippen molar-refractivity contribution in [2.75, 3.05) is 13.1 Å². The highest BCUT2D eigenvalue weighted by molar-refractivity contribution is 7.17. The number of nitrogens with one attached hydrogen (secondary N) is 1. The summed E-state index contributed by atoms with van der Waals surface area (Å²) in [6.07, 6.45) is 6.36. The minimum atomic E-state index is -0.237. The SMILES string of the molecule is Cc1csc2c(=O)c(C(=O)NC3CCC4CCN3CC4)cn(C)c12. The Morgan fingerprint density at radius 2 is 2.00 bits per heavy atom. The maximum Gasteiger partial charge on any atom is 0.258 e. The minimum absolute atomic E-state index is 0.0653. The van der Waals surface area contributed by atoms with Gasteiger partial charge in [-0.2, -0.15) is 0 Å². The number of aromatic nitrogens is 1. The highest BCUT2D eigenvalue weighted by Gasteiger charge is 2.31. The lowest BCUT2D eigenvalue weighted by atomic mass is 9.95. The number of piperidine rings is 1. The number of pyridine rings is 1. The zero-order valence-corrected chi connectivity index (χ0v) is 15.0. The van der Waals surface area contributed by atoms with Gasteiger partial charge in [-0.1, -0.05) is 0 Å². The van der Waals surface area contributed by atoms with Crippen LogP contribution >= 0.6 is 11.3 Å². The van der Waals surface area contributed by atoms with Crippen LogP contribution in [0.4, 0.5) is 0 Å². The third kappa shape index (κ3) is 2.58. The molecule has 1 amide bonds. The Hall–Kier alpha value is -1.66. The van der Waals surface area contributed by atoms with Gasteiger partial charge >= 0.3 is 0 Å². The van der Waals surface area contributed by atoms with E-state index in [1.165, 1.54) is 30.6 Å². The molecule has 2 aromatic rings. The van der Waals surface area contributed by atoms with Crippen LogP contribution in [0.3, 0.4) is 0 Å². The number of carbonyl (C=O) groups excluding carboxylic acids is 1. The molecule has 0 spiro atoms. The maximum atomic E-state index is 12.8. The number of hydrogen-bond donors (Lipinski definition) is 1. The Bertz CT molecular complexity index is 846. The van der Waals surface area contributed by atoms with Crippen LogP contribution in [-0.4, -0.2) is 34.6 Å². The molecule has 6 heteroatoms. The topological polar surface area (TPSA) is 54.3 Å². The number of rotatable bonds is 2. The van der Waals surface area contributed by atoms with Gasteiger partial charge in [0.15, 0.2) is 0 Å². The lowest BCUT2D eigenvalue weighted by Crippen LogP contribution is -2.49. The predicted molar refractivity (Wildman–Crippen MR) is 96.6 cm³/mol. The first-order chi connectivity index (χ1) is 11.5. The fraction of sp³-hybridized carbons (Fsp3) is 0.556. The second-order valence-corrected chi connectivity index (χ2v) is 8.00. The highest BCUT2D eigenvalue weighted by Crippen LogP contribution is 2.29. The number of aryl methyl sites for hydroxylation is 2. The Morgan fingerprint density at radius 1 is 1.25 bits per heavy atom. The van der Waals surface area contributed by atoms with Crippen molar-refractivity contribution >= 4 is 27.5 Å². The van der Waals surface area contributed by atoms with Gasteiger partial charge in [-0.15, -0.1) is 11.3 Å². The molecule has 0 saturated carbocycles. The Morgan fingerprint density at radius 3 is 2.75 bits per heavy atom. The average Bonchev–Trinajstić information content (AvgIpc) is 2.76. The molecule has 24 heavy (non-hydrogen) atoms. The van der Waals surface area contributed by atoms with Gasteiger partial charge in [-0.3, -0.25) is 14.5 Å². The summed E-state index contributed by atoms with van der Waals surface area (Å²) in [5.74, 6) is 0.570. The molecule has 1 atom stereocenters. The standard InChI is InChI=1S/C18H23N3O2S/c1-11-10-24-17-15(11)20(2)9-13(16(17)22)18(23)19-14-4-3-12-5-7-21(14)8-6-12/h9-10,12,14H,3-8H2,1-2H3,(H,19,23). The molecule has 2 bridgehead atoms. The van der Waals surface area contributed by atoms with Gasteiger partial charge in [0.25, 0.3) is 5.91 Å². The number of carbonyl (C=O) groups is 1. The summed E-state index contributed by atoms with van der Waals surface area (Å²) in [6.45, 7) is 4.10. The summed E-state index contributed by atoms with van der Waals surface area (Å²) in [4.78, 5) is 27.9. The zero-order valence-electron chi connectivity index (χ0n) is 14.2. The van der Waals surface area contributed by atoms with Crippen molar-refractivity contribution in [3.63, 3.8) is 0 Å². The molecule has 2 aromatic heterocycles. The van der Waals surface area contributed by atoms with Crippen LogP contribution in [0.2, 0.25) is 0 Å². The second kappa shape index (κ2) is 6.01. The quantitative estimate of drug-likeness (QED) is 0.910. The number of hydrogen-bond acceptors (Lipinski definition) is 4. The molecule has 1 N–H and O–H groups in total. The van der Waals surface area contributed by atoms with E-state index < -0.39 is 0 Å². The Labute approximate surface area is 145 Å². The summed E-state index contributed by atoms with van der Waals surface area (Å²) in [7, 11) is 1.90. The normalized spacial score (nSPS) is 26.5. The third-order valence-electron chi connectivity index (χ3n) is 5.55. The zero-order chi connectivity index (χ0) is 16.8. The van der Waals surface area contributed by atoms with E-state index in [0.717, 1.165) is 36.5 Å². The highest BCUT2D eigenvalue weighted by atomic mass is 32.1. The van der Waals surface area contributed by atoms with Gasteiger partial charge in [0.1, 0.15) is 5.56 Å². The van der Waals surface area contributed by atoms with Gasteiger partial charge in [-0.05, 0) is 49.5 Å². The lowest BCUT2D eigenvalue weighted by molar-refractivity contribution is 0.0834. The largest absolute Gasteiger partial charge is 0.349 e. The number of thiophene rings is 1. The van der Waals surface area contributed by atoms with Crippen molar-refractivity contribution in [3.05, 3.63) is 32.9 Å². The minimum Gasteiger partial charge on any atom is -0.349 e. The maximum absolute atomic E-state index is 12.8. The number of fused-ring (bicyclic) bond motifs is 5. The smallest absolute Gasteiger partial charge is 0.258 e. The molecule has 5 nitrogen and oxygen atoms in total. The molecule has 0 aromatic carbocycles. The van der Waals surface area contributed by atoms with Gasteiger partial charge in [-0.25, -0.2) is 0 Å². The van der Waals surface area contributed by atoms with Crippen LogP contribution < -0.4 is 10.7 Å². The first-order valence-corrected chi connectivity index (χ1v) is 9.55. The average molecular weight is 345 g/mol. The molecule has 3 saturated heterocycles. The Kier molecular flexibility index (Phi) is 3.96. The fourth-order valence-corrected chi connectivity index (χ4v) is 5.20. The van der Waals surface area contributed by atoms with Crippen LogP contribution in [0.25, 0.3) is 10.2 Å². The summed E-state index contributed by atoms with van der Waals surface area (Å²) in [6, 6.07) is 0. The molecule has 0 radical (unpaired) electrons. The van der Waals surface area contributed by atoms with Gasteiger partial charge in [0.2, 0.25) is 5.43 Å². The van der Waals surface area contributed by atoms with Crippen molar-refractivity contribution in [3.8, 4) is 0 Å². The lowest BCUT2D eigenvalue weighted by Gasteiger charge is -2.32. The third-order valence-corrected chi connectivity index (χ3v) is 6.63. The Balaban J connectivity index is 1.64. The summed E-state index contributed by atoms with van der Waals surface area (Å²) in [5, 5.41) is 5.10. The summed E-state index contributed by atoms with van der Waals surface area (Å²) >= 11 is 1.42.